The van der Waals surface area contributed by atoms with E-state index in [-0.39, 0.29) is 81.8 Å². The van der Waals surface area contributed by atoms with Gasteiger partial charge in [-0.1, -0.05) is 0 Å². The van der Waals surface area contributed by atoms with Gasteiger partial charge in [0.05, 0.1) is 6.61 Å². The van der Waals surface area contributed by atoms with Crippen LogP contribution in [-0.2, 0) is 14.4 Å². The van der Waals surface area contributed by atoms with Gasteiger partial charge in [-0.2, -0.15) is 0 Å². The summed E-state index contributed by atoms with van der Waals surface area (Å²) < 4.78 is 0. The Bertz CT molecular complexity index is 452. The molecule has 16 heteroatoms. The molecule has 154 valence electrons. The van der Waals surface area contributed by atoms with Crippen LogP contribution in [0, 0.1) is 0 Å². The van der Waals surface area contributed by atoms with Gasteiger partial charge < -0.3 is 61.0 Å². The Morgan fingerprint density at radius 2 is 1.00 bits per heavy atom. The Morgan fingerprint density at radius 1 is 0.679 bits per heavy atom. The first-order valence-corrected chi connectivity index (χ1v) is 6.79. The number of carbonyl (C=O) groups excluding carboxylic acids is 1. The van der Waals surface area contributed by atoms with Crippen molar-refractivity contribution in [2.75, 3.05) is 6.61 Å². The van der Waals surface area contributed by atoms with Crippen LogP contribution in [0.15, 0.2) is 0 Å². The molecule has 0 heterocycles. The molecule has 0 unspecified atom stereocenters. The molecule has 14 nitrogen and oxygen atoms in total. The van der Waals surface area contributed by atoms with E-state index in [9.17, 15) is 14.4 Å². The number of rotatable bonds is 10. The van der Waals surface area contributed by atoms with Gasteiger partial charge in [0.15, 0.2) is 18.5 Å². The monoisotopic (exact) mass is 470 g/mol. The van der Waals surface area contributed by atoms with Crippen molar-refractivity contribution in [3.8, 4) is 0 Å². The number of aldehydes is 1. The number of hydrogen-bond acceptors (Lipinski definition) is 12. The van der Waals surface area contributed by atoms with E-state index in [0.717, 1.165) is 0 Å². The molecule has 0 aromatic carbocycles. The standard InChI is InChI=1S/C6H12O7.C6H10O7.2Ca/c2*7-1-2(8)3(9)4(10)5(11)6(12)13;;/h2-5,7-11H,1H2,(H,12,13);1-5,8-11H,(H,12,13);;/q;;2*+2/t2-,3-,4+,5-;2-,3+,4-,5-;;/m10../s1. The van der Waals surface area contributed by atoms with Gasteiger partial charge >= 0.3 is 87.4 Å². The van der Waals surface area contributed by atoms with Crippen LogP contribution in [0.1, 0.15) is 0 Å². The molecule has 8 atom stereocenters. The molecular weight excluding hydrogens is 448 g/mol. The van der Waals surface area contributed by atoms with E-state index >= 15 is 0 Å². The summed E-state index contributed by atoms with van der Waals surface area (Å²) in [7, 11) is 0. The summed E-state index contributed by atoms with van der Waals surface area (Å²) >= 11 is 0. The SMILES string of the molecule is O=C(O)[C@H](O)[C@@H](O)[C@H](O)[C@H](O)CO.O=C[C@H](O)[C@@H](O)[C@H](O)[C@H](O)C(=O)O.[Ca+2].[Ca+2]. The van der Waals surface area contributed by atoms with Crippen LogP contribution in [0.5, 0.6) is 0 Å². The summed E-state index contributed by atoms with van der Waals surface area (Å²) in [4.78, 5) is 30.0. The van der Waals surface area contributed by atoms with E-state index in [1.165, 1.54) is 0 Å². The first-order chi connectivity index (χ1) is 11.8. The predicted octanol–water partition coefficient (Wildman–Crippen LogP) is -7.54. The molecule has 0 saturated carbocycles. The van der Waals surface area contributed by atoms with Crippen molar-refractivity contribution in [1.29, 1.82) is 0 Å². The third kappa shape index (κ3) is 13.1. The van der Waals surface area contributed by atoms with E-state index in [4.69, 9.17) is 56.2 Å². The molecule has 0 spiro atoms. The zero-order chi connectivity index (χ0) is 21.2. The van der Waals surface area contributed by atoms with Crippen molar-refractivity contribution < 1.29 is 70.6 Å². The van der Waals surface area contributed by atoms with Crippen molar-refractivity contribution in [2.24, 2.45) is 0 Å². The molecule has 0 radical (unpaired) electrons. The Hall–Kier alpha value is 0.769. The molecule has 0 amide bonds. The molecule has 0 aromatic rings. The van der Waals surface area contributed by atoms with Crippen LogP contribution in [0.2, 0.25) is 0 Å². The molecule has 0 rings (SSSR count). The number of aliphatic hydroxyl groups excluding tert-OH is 9. The first kappa shape index (κ1) is 36.2. The summed E-state index contributed by atoms with van der Waals surface area (Å²) in [5, 5.41) is 95.0. The molecule has 0 aliphatic heterocycles. The van der Waals surface area contributed by atoms with Crippen molar-refractivity contribution in [3.63, 3.8) is 0 Å². The largest absolute Gasteiger partial charge is 2.00 e. The van der Waals surface area contributed by atoms with Crippen molar-refractivity contribution >= 4 is 93.7 Å². The minimum atomic E-state index is -2.25. The summed E-state index contributed by atoms with van der Waals surface area (Å²) in [6, 6.07) is 0. The Balaban J connectivity index is -0.000000192. The Labute approximate surface area is 217 Å². The fraction of sp³-hybridized carbons (Fsp3) is 0.750. The second-order valence-electron chi connectivity index (χ2n) is 4.91. The van der Waals surface area contributed by atoms with Crippen LogP contribution in [0.3, 0.4) is 0 Å². The maximum absolute atomic E-state index is 10.1. The van der Waals surface area contributed by atoms with Crippen LogP contribution >= 0.6 is 0 Å². The average Bonchev–Trinajstić information content (AvgIpc) is 2.62. The minimum absolute atomic E-state index is 0. The van der Waals surface area contributed by atoms with Crippen molar-refractivity contribution in [1.82, 2.24) is 0 Å². The third-order valence-electron chi connectivity index (χ3n) is 2.92. The van der Waals surface area contributed by atoms with Gasteiger partial charge in [-0.25, -0.2) is 9.59 Å². The smallest absolute Gasteiger partial charge is 0.479 e. The first-order valence-electron chi connectivity index (χ1n) is 6.79. The molecule has 28 heavy (non-hydrogen) atoms. The van der Waals surface area contributed by atoms with Crippen molar-refractivity contribution in [3.05, 3.63) is 0 Å². The summed E-state index contributed by atoms with van der Waals surface area (Å²) in [6.45, 7) is -0.843. The van der Waals surface area contributed by atoms with E-state index in [1.54, 1.807) is 0 Å². The fourth-order valence-electron chi connectivity index (χ4n) is 1.28. The number of aliphatic carboxylic acids is 2. The van der Waals surface area contributed by atoms with Gasteiger partial charge in [-0.05, 0) is 0 Å². The van der Waals surface area contributed by atoms with Gasteiger partial charge in [-0.15, -0.1) is 0 Å². The second kappa shape index (κ2) is 18.5. The molecule has 0 aromatic heterocycles. The van der Waals surface area contributed by atoms with Crippen LogP contribution in [-0.4, -0.2) is 205 Å². The number of carboxylic acid groups (broad SMARTS) is 2. The second-order valence-corrected chi connectivity index (χ2v) is 4.91. The van der Waals surface area contributed by atoms with Gasteiger partial charge in [-0.3, -0.25) is 0 Å². The summed E-state index contributed by atoms with van der Waals surface area (Å²) in [5.41, 5.74) is 0. The summed E-state index contributed by atoms with van der Waals surface area (Å²) in [6.07, 6.45) is -16.2. The zero-order valence-electron chi connectivity index (χ0n) is 14.5. The van der Waals surface area contributed by atoms with E-state index in [1.807, 2.05) is 0 Å². The minimum Gasteiger partial charge on any atom is -0.479 e. The number of hydrogen-bond donors (Lipinski definition) is 11. The average molecular weight is 470 g/mol. The fourth-order valence-corrected chi connectivity index (χ4v) is 1.28. The number of aliphatic hydroxyl groups is 9. The molecular formula is C12H22Ca2O14+4. The normalized spacial score (nSPS) is 18.8. The molecule has 0 bridgehead atoms. The van der Waals surface area contributed by atoms with Crippen LogP contribution < -0.4 is 0 Å². The Morgan fingerprint density at radius 3 is 1.25 bits per heavy atom. The van der Waals surface area contributed by atoms with Crippen molar-refractivity contribution in [2.45, 2.75) is 48.8 Å². The molecule has 0 fully saturated rings. The molecule has 0 aliphatic carbocycles. The summed E-state index contributed by atoms with van der Waals surface area (Å²) in [5.74, 6) is -3.48. The zero-order valence-corrected chi connectivity index (χ0v) is 18.9. The van der Waals surface area contributed by atoms with E-state index in [2.05, 4.69) is 0 Å². The maximum atomic E-state index is 10.1. The third-order valence-corrected chi connectivity index (χ3v) is 2.92. The molecule has 0 saturated heterocycles. The van der Waals surface area contributed by atoms with Crippen LogP contribution in [0.25, 0.3) is 0 Å². The van der Waals surface area contributed by atoms with Gasteiger partial charge in [0.25, 0.3) is 0 Å². The van der Waals surface area contributed by atoms with E-state index < -0.39 is 67.4 Å². The predicted molar refractivity (Wildman–Crippen MR) is 88.0 cm³/mol. The van der Waals surface area contributed by atoms with E-state index in [0.29, 0.717) is 0 Å². The van der Waals surface area contributed by atoms with Gasteiger partial charge in [0, 0.05) is 0 Å². The van der Waals surface area contributed by atoms with Gasteiger partial charge in [0.1, 0.15) is 36.6 Å². The number of carbonyl (C=O) groups is 3. The Kier molecular flexibility index (Phi) is 23.9. The van der Waals surface area contributed by atoms with Gasteiger partial charge in [0.2, 0.25) is 0 Å². The van der Waals surface area contributed by atoms with Crippen LogP contribution in [0.4, 0.5) is 0 Å². The number of carboxylic acids is 2. The quantitative estimate of drug-likeness (QED) is 0.105. The topological polar surface area (TPSA) is 274 Å². The maximum Gasteiger partial charge on any atom is 2.00 e. The molecule has 11 N–H and O–H groups in total. The molecule has 0 aliphatic rings.